The topological polar surface area (TPSA) is 55.4 Å². The zero-order valence-corrected chi connectivity index (χ0v) is 14.4. The van der Waals surface area contributed by atoms with Crippen molar-refractivity contribution in [3.05, 3.63) is 0 Å². The maximum absolute atomic E-state index is 12.6. The smallest absolute Gasteiger partial charge is 0.319 e. The van der Waals surface area contributed by atoms with E-state index in [-0.39, 0.29) is 11.9 Å². The molecule has 0 heterocycles. The van der Waals surface area contributed by atoms with E-state index < -0.39 is 17.3 Å². The molecule has 4 heteroatoms. The van der Waals surface area contributed by atoms with E-state index in [4.69, 9.17) is 4.74 Å². The van der Waals surface area contributed by atoms with Crippen LogP contribution >= 0.6 is 0 Å². The van der Waals surface area contributed by atoms with E-state index in [1.807, 2.05) is 20.8 Å². The van der Waals surface area contributed by atoms with Gasteiger partial charge in [0.15, 0.2) is 0 Å². The normalized spacial score (nSPS) is 27.2. The molecule has 1 saturated carbocycles. The van der Waals surface area contributed by atoms with E-state index >= 15 is 0 Å². The minimum atomic E-state index is -0.745. The first kappa shape index (κ1) is 18.0. The molecule has 1 amide bonds. The first-order valence-corrected chi connectivity index (χ1v) is 8.19. The SMILES string of the molecule is CCOC(=O)C(C(=O)NC1CCC(CC)C1C)C(C)(C)C. The van der Waals surface area contributed by atoms with Crippen molar-refractivity contribution in [2.75, 3.05) is 6.61 Å². The molecule has 0 saturated heterocycles. The van der Waals surface area contributed by atoms with Crippen molar-refractivity contribution < 1.29 is 14.3 Å². The summed E-state index contributed by atoms with van der Waals surface area (Å²) in [5.74, 6) is -0.201. The van der Waals surface area contributed by atoms with Crippen molar-refractivity contribution in [2.24, 2.45) is 23.2 Å². The molecule has 0 radical (unpaired) electrons. The number of carbonyl (C=O) groups is 2. The van der Waals surface area contributed by atoms with Gasteiger partial charge in [-0.2, -0.15) is 0 Å². The second kappa shape index (κ2) is 7.28. The van der Waals surface area contributed by atoms with E-state index in [9.17, 15) is 9.59 Å². The number of nitrogens with one attached hydrogen (secondary N) is 1. The van der Waals surface area contributed by atoms with Crippen molar-refractivity contribution in [1.29, 1.82) is 0 Å². The number of amides is 1. The number of esters is 1. The highest BCUT2D eigenvalue weighted by atomic mass is 16.5. The zero-order chi connectivity index (χ0) is 16.2. The summed E-state index contributed by atoms with van der Waals surface area (Å²) in [6.45, 7) is 12.2. The summed E-state index contributed by atoms with van der Waals surface area (Å²) in [4.78, 5) is 24.7. The molecule has 0 spiro atoms. The summed E-state index contributed by atoms with van der Waals surface area (Å²) in [6.07, 6.45) is 3.31. The van der Waals surface area contributed by atoms with E-state index in [2.05, 4.69) is 19.2 Å². The van der Waals surface area contributed by atoms with Gasteiger partial charge in [-0.15, -0.1) is 0 Å². The second-order valence-electron chi connectivity index (χ2n) is 7.27. The van der Waals surface area contributed by atoms with Gasteiger partial charge in [0.1, 0.15) is 5.92 Å². The fraction of sp³-hybridized carbons (Fsp3) is 0.882. The third-order valence-corrected chi connectivity index (χ3v) is 4.73. The molecule has 0 aromatic rings. The fourth-order valence-corrected chi connectivity index (χ4v) is 3.37. The minimum absolute atomic E-state index is 0.182. The Morgan fingerprint density at radius 1 is 1.24 bits per heavy atom. The monoisotopic (exact) mass is 297 g/mol. The lowest BCUT2D eigenvalue weighted by molar-refractivity contribution is -0.157. The van der Waals surface area contributed by atoms with Crippen LogP contribution in [-0.4, -0.2) is 24.5 Å². The van der Waals surface area contributed by atoms with Crippen LogP contribution in [0, 0.1) is 23.2 Å². The molecule has 122 valence electrons. The van der Waals surface area contributed by atoms with Crippen LogP contribution < -0.4 is 5.32 Å². The van der Waals surface area contributed by atoms with Gasteiger partial charge < -0.3 is 10.1 Å². The summed E-state index contributed by atoms with van der Waals surface area (Å²) in [5.41, 5.74) is -0.442. The average molecular weight is 297 g/mol. The molecule has 1 aliphatic rings. The standard InChI is InChI=1S/C17H31NO3/c1-7-12-9-10-13(11(12)3)18-15(19)14(17(4,5)6)16(20)21-8-2/h11-14H,7-10H2,1-6H3,(H,18,19). The third-order valence-electron chi connectivity index (χ3n) is 4.73. The van der Waals surface area contributed by atoms with Crippen LogP contribution in [0.25, 0.3) is 0 Å². The summed E-state index contributed by atoms with van der Waals surface area (Å²) in [5, 5.41) is 3.10. The van der Waals surface area contributed by atoms with Gasteiger partial charge in [-0.05, 0) is 37.0 Å². The Hall–Kier alpha value is -1.06. The Balaban J connectivity index is 2.76. The minimum Gasteiger partial charge on any atom is -0.465 e. The lowest BCUT2D eigenvalue weighted by atomic mass is 9.79. The first-order chi connectivity index (χ1) is 9.72. The van der Waals surface area contributed by atoms with Gasteiger partial charge in [-0.1, -0.05) is 41.0 Å². The Morgan fingerprint density at radius 3 is 2.29 bits per heavy atom. The largest absolute Gasteiger partial charge is 0.465 e. The molecule has 0 aromatic carbocycles. The van der Waals surface area contributed by atoms with Gasteiger partial charge >= 0.3 is 5.97 Å². The van der Waals surface area contributed by atoms with Gasteiger partial charge in [0.25, 0.3) is 0 Å². The number of rotatable bonds is 5. The molecule has 0 aliphatic heterocycles. The van der Waals surface area contributed by atoms with Crippen LogP contribution in [0.2, 0.25) is 0 Å². The second-order valence-corrected chi connectivity index (χ2v) is 7.27. The highest BCUT2D eigenvalue weighted by molar-refractivity contribution is 5.98. The third kappa shape index (κ3) is 4.45. The van der Waals surface area contributed by atoms with E-state index in [1.54, 1.807) is 6.92 Å². The lowest BCUT2D eigenvalue weighted by Crippen LogP contribution is -2.48. The molecule has 1 aliphatic carbocycles. The predicted octanol–water partition coefficient (Wildman–Crippen LogP) is 3.15. The van der Waals surface area contributed by atoms with E-state index in [0.29, 0.717) is 18.4 Å². The average Bonchev–Trinajstić information content (AvgIpc) is 2.69. The summed E-state index contributed by atoms with van der Waals surface area (Å²) >= 11 is 0. The summed E-state index contributed by atoms with van der Waals surface area (Å²) in [7, 11) is 0. The van der Waals surface area contributed by atoms with Crippen LogP contribution in [-0.2, 0) is 14.3 Å². The zero-order valence-electron chi connectivity index (χ0n) is 14.4. The van der Waals surface area contributed by atoms with Gasteiger partial charge in [0.05, 0.1) is 6.61 Å². The van der Waals surface area contributed by atoms with Crippen LogP contribution in [0.3, 0.4) is 0 Å². The van der Waals surface area contributed by atoms with Gasteiger partial charge in [0, 0.05) is 6.04 Å². The van der Waals surface area contributed by atoms with Crippen molar-refractivity contribution >= 4 is 11.9 Å². The quantitative estimate of drug-likeness (QED) is 0.626. The van der Waals surface area contributed by atoms with Gasteiger partial charge in [0.2, 0.25) is 5.91 Å². The van der Waals surface area contributed by atoms with Crippen LogP contribution in [0.4, 0.5) is 0 Å². The van der Waals surface area contributed by atoms with E-state index in [1.165, 1.54) is 0 Å². The Kier molecular flexibility index (Phi) is 6.24. The maximum atomic E-state index is 12.6. The van der Waals surface area contributed by atoms with Gasteiger partial charge in [-0.25, -0.2) is 0 Å². The highest BCUT2D eigenvalue weighted by Gasteiger charge is 2.41. The van der Waals surface area contributed by atoms with Crippen molar-refractivity contribution in [2.45, 2.75) is 66.8 Å². The molecule has 4 nitrogen and oxygen atoms in total. The highest BCUT2D eigenvalue weighted by Crippen LogP contribution is 2.35. The molecule has 0 bridgehead atoms. The number of hydrogen-bond donors (Lipinski definition) is 1. The molecule has 1 fully saturated rings. The molecule has 4 atom stereocenters. The maximum Gasteiger partial charge on any atom is 0.319 e. The Morgan fingerprint density at radius 2 is 1.86 bits per heavy atom. The number of carbonyl (C=O) groups excluding carboxylic acids is 2. The van der Waals surface area contributed by atoms with Crippen LogP contribution in [0.5, 0.6) is 0 Å². The molecule has 4 unspecified atom stereocenters. The lowest BCUT2D eigenvalue weighted by Gasteiger charge is -2.30. The Labute approximate surface area is 129 Å². The van der Waals surface area contributed by atoms with Crippen molar-refractivity contribution in [3.8, 4) is 0 Å². The van der Waals surface area contributed by atoms with Crippen molar-refractivity contribution in [1.82, 2.24) is 5.32 Å². The summed E-state index contributed by atoms with van der Waals surface area (Å²) < 4.78 is 5.09. The molecule has 1 rings (SSSR count). The van der Waals surface area contributed by atoms with E-state index in [0.717, 1.165) is 19.3 Å². The van der Waals surface area contributed by atoms with Crippen LogP contribution in [0.15, 0.2) is 0 Å². The first-order valence-electron chi connectivity index (χ1n) is 8.19. The number of hydrogen-bond acceptors (Lipinski definition) is 3. The van der Waals surface area contributed by atoms with Crippen molar-refractivity contribution in [3.63, 3.8) is 0 Å². The number of ether oxygens (including phenoxy) is 1. The molecular weight excluding hydrogens is 266 g/mol. The Bertz CT molecular complexity index is 373. The van der Waals surface area contributed by atoms with Gasteiger partial charge in [-0.3, -0.25) is 9.59 Å². The fourth-order valence-electron chi connectivity index (χ4n) is 3.37. The van der Waals surface area contributed by atoms with Crippen LogP contribution in [0.1, 0.15) is 60.8 Å². The molecule has 21 heavy (non-hydrogen) atoms. The molecule has 0 aromatic heterocycles. The molecule has 1 N–H and O–H groups in total. The predicted molar refractivity (Wildman–Crippen MR) is 83.7 cm³/mol. The molecular formula is C17H31NO3. The summed E-state index contributed by atoms with van der Waals surface area (Å²) in [6, 6.07) is 0.182.